The molecule has 1 aliphatic heterocycles. The summed E-state index contributed by atoms with van der Waals surface area (Å²) in [6, 6.07) is 8.67. The van der Waals surface area contributed by atoms with Gasteiger partial charge < -0.3 is 10.2 Å². The van der Waals surface area contributed by atoms with Gasteiger partial charge in [-0.15, -0.1) is 0 Å². The van der Waals surface area contributed by atoms with Gasteiger partial charge in [-0.3, -0.25) is 19.4 Å². The third-order valence-corrected chi connectivity index (χ3v) is 5.56. The average Bonchev–Trinajstić information content (AvgIpc) is 3.45. The second-order valence-corrected chi connectivity index (χ2v) is 8.02. The lowest BCUT2D eigenvalue weighted by Gasteiger charge is -2.36. The van der Waals surface area contributed by atoms with Gasteiger partial charge in [-0.25, -0.2) is 0 Å². The number of piperazine rings is 1. The van der Waals surface area contributed by atoms with Gasteiger partial charge in [-0.05, 0) is 39.3 Å². The SMILES string of the molecule is Cc1cccc(CN2CCN(C(=O)CN(C)[C@H](C)C(=O)NC3CC3)CC2)c1. The lowest BCUT2D eigenvalue weighted by atomic mass is 10.1. The first-order chi connectivity index (χ1) is 12.9. The van der Waals surface area contributed by atoms with Gasteiger partial charge in [-0.1, -0.05) is 29.8 Å². The van der Waals surface area contributed by atoms with Crippen molar-refractivity contribution in [2.75, 3.05) is 39.8 Å². The summed E-state index contributed by atoms with van der Waals surface area (Å²) in [5.41, 5.74) is 2.61. The van der Waals surface area contributed by atoms with Gasteiger partial charge in [0.15, 0.2) is 0 Å². The van der Waals surface area contributed by atoms with Crippen LogP contribution in [0.5, 0.6) is 0 Å². The normalized spacial score (nSPS) is 19.2. The third-order valence-electron chi connectivity index (χ3n) is 5.56. The number of hydrogen-bond acceptors (Lipinski definition) is 4. The van der Waals surface area contributed by atoms with Gasteiger partial charge in [0.25, 0.3) is 0 Å². The molecule has 2 fully saturated rings. The highest BCUT2D eigenvalue weighted by molar-refractivity contribution is 5.83. The highest BCUT2D eigenvalue weighted by Gasteiger charge is 2.29. The van der Waals surface area contributed by atoms with Crippen LogP contribution in [0.15, 0.2) is 24.3 Å². The molecule has 1 saturated carbocycles. The molecule has 1 aliphatic carbocycles. The summed E-state index contributed by atoms with van der Waals surface area (Å²) < 4.78 is 0. The van der Waals surface area contributed by atoms with E-state index >= 15 is 0 Å². The third kappa shape index (κ3) is 5.78. The first-order valence-corrected chi connectivity index (χ1v) is 9.98. The number of nitrogens with zero attached hydrogens (tertiary/aromatic N) is 3. The molecule has 1 atom stereocenters. The van der Waals surface area contributed by atoms with Crippen molar-refractivity contribution in [2.45, 2.75) is 45.3 Å². The number of carbonyl (C=O) groups is 2. The van der Waals surface area contributed by atoms with E-state index in [1.165, 1.54) is 11.1 Å². The maximum absolute atomic E-state index is 12.6. The molecule has 0 spiro atoms. The maximum Gasteiger partial charge on any atom is 0.237 e. The van der Waals surface area contributed by atoms with Crippen molar-refractivity contribution in [1.29, 1.82) is 0 Å². The number of carbonyl (C=O) groups excluding carboxylic acids is 2. The van der Waals surface area contributed by atoms with Crippen LogP contribution in [0.2, 0.25) is 0 Å². The fourth-order valence-electron chi connectivity index (χ4n) is 3.42. The van der Waals surface area contributed by atoms with Crippen LogP contribution in [0.4, 0.5) is 0 Å². The number of amides is 2. The Kier molecular flexibility index (Phi) is 6.50. The van der Waals surface area contributed by atoms with Gasteiger partial charge in [0.05, 0.1) is 12.6 Å². The number of likely N-dealkylation sites (N-methyl/N-ethyl adjacent to an activating group) is 1. The van der Waals surface area contributed by atoms with Gasteiger partial charge in [0.1, 0.15) is 0 Å². The summed E-state index contributed by atoms with van der Waals surface area (Å²) in [5.74, 6) is 0.134. The number of rotatable bonds is 7. The van der Waals surface area contributed by atoms with Gasteiger partial charge in [0, 0.05) is 38.8 Å². The predicted molar refractivity (Wildman–Crippen MR) is 106 cm³/mol. The molecule has 1 N–H and O–H groups in total. The minimum absolute atomic E-state index is 0.0239. The molecule has 1 aromatic carbocycles. The van der Waals surface area contributed by atoms with E-state index in [4.69, 9.17) is 0 Å². The predicted octanol–water partition coefficient (Wildman–Crippen LogP) is 1.24. The lowest BCUT2D eigenvalue weighted by Crippen LogP contribution is -2.52. The Morgan fingerprint density at radius 1 is 1.22 bits per heavy atom. The zero-order chi connectivity index (χ0) is 19.4. The molecular weight excluding hydrogens is 340 g/mol. The molecule has 1 aromatic rings. The van der Waals surface area contributed by atoms with E-state index in [-0.39, 0.29) is 24.4 Å². The quantitative estimate of drug-likeness (QED) is 0.782. The Balaban J connectivity index is 1.41. The molecule has 6 heteroatoms. The Morgan fingerprint density at radius 2 is 1.93 bits per heavy atom. The molecule has 2 aliphatic rings. The van der Waals surface area contributed by atoms with Crippen LogP contribution < -0.4 is 5.32 Å². The van der Waals surface area contributed by atoms with Crippen molar-refractivity contribution in [1.82, 2.24) is 20.0 Å². The highest BCUT2D eigenvalue weighted by Crippen LogP contribution is 2.19. The molecule has 1 heterocycles. The smallest absolute Gasteiger partial charge is 0.237 e. The van der Waals surface area contributed by atoms with Crippen LogP contribution in [0.25, 0.3) is 0 Å². The van der Waals surface area contributed by atoms with Crippen molar-refractivity contribution in [2.24, 2.45) is 0 Å². The minimum Gasteiger partial charge on any atom is -0.352 e. The largest absolute Gasteiger partial charge is 0.352 e. The topological polar surface area (TPSA) is 55.9 Å². The van der Waals surface area contributed by atoms with Crippen molar-refractivity contribution in [3.05, 3.63) is 35.4 Å². The average molecular weight is 373 g/mol. The van der Waals surface area contributed by atoms with Gasteiger partial charge >= 0.3 is 0 Å². The molecule has 0 bridgehead atoms. The van der Waals surface area contributed by atoms with E-state index in [1.54, 1.807) is 0 Å². The Morgan fingerprint density at radius 3 is 2.56 bits per heavy atom. The second kappa shape index (κ2) is 8.85. The number of hydrogen-bond donors (Lipinski definition) is 1. The van der Waals surface area contributed by atoms with Crippen LogP contribution >= 0.6 is 0 Å². The van der Waals surface area contributed by atoms with E-state index in [2.05, 4.69) is 41.4 Å². The molecule has 148 valence electrons. The van der Waals surface area contributed by atoms with Crippen molar-refractivity contribution < 1.29 is 9.59 Å². The highest BCUT2D eigenvalue weighted by atomic mass is 16.2. The zero-order valence-corrected chi connectivity index (χ0v) is 16.8. The first kappa shape index (κ1) is 19.8. The summed E-state index contributed by atoms with van der Waals surface area (Å²) in [4.78, 5) is 30.9. The molecule has 0 aromatic heterocycles. The van der Waals surface area contributed by atoms with Gasteiger partial charge in [0.2, 0.25) is 11.8 Å². The van der Waals surface area contributed by atoms with E-state index in [9.17, 15) is 9.59 Å². The summed E-state index contributed by atoms with van der Waals surface area (Å²) in [6.45, 7) is 8.48. The molecule has 3 rings (SSSR count). The maximum atomic E-state index is 12.6. The Hall–Kier alpha value is -1.92. The summed E-state index contributed by atoms with van der Waals surface area (Å²) in [5, 5.41) is 3.01. The van der Waals surface area contributed by atoms with Crippen molar-refractivity contribution in [3.63, 3.8) is 0 Å². The van der Waals surface area contributed by atoms with E-state index in [0.29, 0.717) is 6.04 Å². The summed E-state index contributed by atoms with van der Waals surface area (Å²) >= 11 is 0. The molecule has 6 nitrogen and oxygen atoms in total. The zero-order valence-electron chi connectivity index (χ0n) is 16.8. The van der Waals surface area contributed by atoms with Crippen LogP contribution in [-0.4, -0.2) is 78.4 Å². The number of nitrogens with one attached hydrogen (secondary N) is 1. The Bertz CT molecular complexity index is 666. The van der Waals surface area contributed by atoms with Crippen molar-refractivity contribution in [3.8, 4) is 0 Å². The summed E-state index contributed by atoms with van der Waals surface area (Å²) in [6.07, 6.45) is 2.15. The fourth-order valence-corrected chi connectivity index (χ4v) is 3.42. The fraction of sp³-hybridized carbons (Fsp3) is 0.619. The first-order valence-electron chi connectivity index (χ1n) is 9.98. The van der Waals surface area contributed by atoms with Crippen LogP contribution in [0, 0.1) is 6.92 Å². The second-order valence-electron chi connectivity index (χ2n) is 8.02. The molecule has 27 heavy (non-hydrogen) atoms. The molecule has 0 unspecified atom stereocenters. The standard InChI is InChI=1S/C21H32N4O2/c1-16-5-4-6-18(13-16)14-24-9-11-25(12-10-24)20(26)15-23(3)17(2)21(27)22-19-7-8-19/h4-6,13,17,19H,7-12,14-15H2,1-3H3,(H,22,27)/t17-/m1/s1. The van der Waals surface area contributed by atoms with E-state index in [1.807, 2.05) is 23.8 Å². The molecule has 1 saturated heterocycles. The van der Waals surface area contributed by atoms with E-state index < -0.39 is 0 Å². The van der Waals surface area contributed by atoms with Crippen LogP contribution in [0.1, 0.15) is 30.9 Å². The number of aryl methyl sites for hydroxylation is 1. The van der Waals surface area contributed by atoms with Crippen LogP contribution in [-0.2, 0) is 16.1 Å². The Labute approximate surface area is 162 Å². The number of benzene rings is 1. The van der Waals surface area contributed by atoms with Gasteiger partial charge in [-0.2, -0.15) is 0 Å². The van der Waals surface area contributed by atoms with Crippen molar-refractivity contribution >= 4 is 11.8 Å². The molecule has 2 amide bonds. The molecular formula is C21H32N4O2. The van der Waals surface area contributed by atoms with E-state index in [0.717, 1.165) is 45.6 Å². The lowest BCUT2D eigenvalue weighted by molar-refractivity contribution is -0.135. The molecule has 0 radical (unpaired) electrons. The van der Waals surface area contributed by atoms with Crippen LogP contribution in [0.3, 0.4) is 0 Å². The summed E-state index contributed by atoms with van der Waals surface area (Å²) in [7, 11) is 1.85. The monoisotopic (exact) mass is 372 g/mol. The minimum atomic E-state index is -0.280.